The second-order valence-corrected chi connectivity index (χ2v) is 1.60. The normalized spacial score (nSPS) is 8.89. The van der Waals surface area contributed by atoms with Gasteiger partial charge in [0, 0.05) is 23.5 Å². The Morgan fingerprint density at radius 3 is 1.89 bits per heavy atom. The van der Waals surface area contributed by atoms with Crippen LogP contribution >= 0.6 is 0 Å². The molecule has 46 valence electrons. The summed E-state index contributed by atoms with van der Waals surface area (Å²) in [5.41, 5.74) is 0.815. The minimum Gasteiger partial charge on any atom is -0.366 e. The Labute approximate surface area is 51.7 Å². The van der Waals surface area contributed by atoms with Crippen molar-refractivity contribution in [2.75, 3.05) is 0 Å². The van der Waals surface area contributed by atoms with Crippen molar-refractivity contribution in [1.82, 2.24) is 4.98 Å². The molecule has 0 spiro atoms. The minimum atomic E-state index is 0.407. The van der Waals surface area contributed by atoms with Gasteiger partial charge >= 0.3 is 0 Å². The Morgan fingerprint density at radius 2 is 1.56 bits per heavy atom. The molecule has 9 heavy (non-hydrogen) atoms. The highest BCUT2D eigenvalue weighted by molar-refractivity contribution is 5.89. The third-order valence-corrected chi connectivity index (χ3v) is 1.06. The van der Waals surface area contributed by atoms with Crippen LogP contribution in [0.4, 0.5) is 0 Å². The molecule has 0 amide bonds. The zero-order valence-electron chi connectivity index (χ0n) is 4.63. The maximum absolute atomic E-state index is 10.1. The van der Waals surface area contributed by atoms with E-state index < -0.39 is 0 Å². The molecule has 1 aromatic rings. The highest BCUT2D eigenvalue weighted by atomic mass is 16.1. The number of rotatable bonds is 2. The average Bonchev–Trinajstić information content (AvgIpc) is 2.33. The Kier molecular flexibility index (Phi) is 1.44. The molecule has 0 aliphatic rings. The first-order valence-corrected chi connectivity index (χ1v) is 2.45. The van der Waals surface area contributed by atoms with E-state index in [1.165, 1.54) is 12.4 Å². The van der Waals surface area contributed by atoms with Gasteiger partial charge in [-0.1, -0.05) is 0 Å². The van der Waals surface area contributed by atoms with E-state index in [0.29, 0.717) is 23.7 Å². The first-order chi connectivity index (χ1) is 4.38. The number of aromatic nitrogens is 1. The van der Waals surface area contributed by atoms with Crippen LogP contribution in [0.25, 0.3) is 0 Å². The molecule has 0 fully saturated rings. The highest BCUT2D eigenvalue weighted by Crippen LogP contribution is 1.99. The lowest BCUT2D eigenvalue weighted by Gasteiger charge is -1.78. The van der Waals surface area contributed by atoms with Gasteiger partial charge in [-0.2, -0.15) is 0 Å². The van der Waals surface area contributed by atoms with Gasteiger partial charge < -0.3 is 4.98 Å². The van der Waals surface area contributed by atoms with Crippen molar-refractivity contribution in [1.29, 1.82) is 0 Å². The molecule has 0 aliphatic carbocycles. The Balaban J connectivity index is 3.12. The van der Waals surface area contributed by atoms with Crippen LogP contribution in [-0.2, 0) is 0 Å². The first-order valence-electron chi connectivity index (χ1n) is 2.45. The number of nitrogens with one attached hydrogen (secondary N) is 1. The Bertz CT molecular complexity index is 204. The summed E-state index contributed by atoms with van der Waals surface area (Å²) >= 11 is 0. The number of H-pyrrole nitrogens is 1. The van der Waals surface area contributed by atoms with Crippen LogP contribution in [-0.4, -0.2) is 17.6 Å². The van der Waals surface area contributed by atoms with E-state index in [1.54, 1.807) is 0 Å². The molecular formula is C6H5NO2. The third-order valence-electron chi connectivity index (χ3n) is 1.06. The quantitative estimate of drug-likeness (QED) is 0.586. The molecule has 0 atom stereocenters. The highest BCUT2D eigenvalue weighted by Gasteiger charge is 1.97. The molecule has 0 bridgehead atoms. The van der Waals surface area contributed by atoms with Gasteiger partial charge in [0.2, 0.25) is 0 Å². The summed E-state index contributed by atoms with van der Waals surface area (Å²) in [5.74, 6) is 0. The fraction of sp³-hybridized carbons (Fsp3) is 0. The lowest BCUT2D eigenvalue weighted by Crippen LogP contribution is -1.81. The van der Waals surface area contributed by atoms with E-state index in [1.807, 2.05) is 0 Å². The second kappa shape index (κ2) is 2.26. The zero-order chi connectivity index (χ0) is 6.69. The van der Waals surface area contributed by atoms with Crippen LogP contribution in [0.2, 0.25) is 0 Å². The van der Waals surface area contributed by atoms with Gasteiger partial charge in [0.25, 0.3) is 0 Å². The summed E-state index contributed by atoms with van der Waals surface area (Å²) in [6, 6.07) is 0. The maximum Gasteiger partial charge on any atom is 0.152 e. The fourth-order valence-corrected chi connectivity index (χ4v) is 0.592. The van der Waals surface area contributed by atoms with Crippen molar-refractivity contribution < 1.29 is 9.59 Å². The SMILES string of the molecule is O=Cc1c[nH]cc1C=O. The molecule has 0 aliphatic heterocycles. The van der Waals surface area contributed by atoms with Crippen molar-refractivity contribution >= 4 is 12.6 Å². The predicted molar refractivity (Wildman–Crippen MR) is 31.6 cm³/mol. The summed E-state index contributed by atoms with van der Waals surface area (Å²) < 4.78 is 0. The number of carbonyl (C=O) groups excluding carboxylic acids is 2. The fourth-order valence-electron chi connectivity index (χ4n) is 0.592. The van der Waals surface area contributed by atoms with Crippen LogP contribution in [0, 0.1) is 0 Å². The standard InChI is InChI=1S/C6H5NO2/c8-3-5-1-7-2-6(5)4-9/h1-4,7H. The summed E-state index contributed by atoms with van der Waals surface area (Å²) in [6.07, 6.45) is 4.24. The van der Waals surface area contributed by atoms with E-state index >= 15 is 0 Å². The smallest absolute Gasteiger partial charge is 0.152 e. The zero-order valence-corrected chi connectivity index (χ0v) is 4.63. The Morgan fingerprint density at radius 1 is 1.11 bits per heavy atom. The molecule has 3 heteroatoms. The van der Waals surface area contributed by atoms with Crippen LogP contribution in [0.1, 0.15) is 20.7 Å². The maximum atomic E-state index is 10.1. The second-order valence-electron chi connectivity index (χ2n) is 1.60. The van der Waals surface area contributed by atoms with E-state index in [0.717, 1.165) is 0 Å². The molecule has 0 unspecified atom stereocenters. The molecular weight excluding hydrogens is 118 g/mol. The van der Waals surface area contributed by atoms with E-state index in [9.17, 15) is 9.59 Å². The van der Waals surface area contributed by atoms with E-state index in [2.05, 4.69) is 4.98 Å². The van der Waals surface area contributed by atoms with Gasteiger partial charge in [0.05, 0.1) is 0 Å². The molecule has 1 aromatic heterocycles. The average molecular weight is 123 g/mol. The number of hydrogen-bond donors (Lipinski definition) is 1. The van der Waals surface area contributed by atoms with Gasteiger partial charge in [-0.3, -0.25) is 9.59 Å². The number of carbonyl (C=O) groups is 2. The van der Waals surface area contributed by atoms with Gasteiger partial charge in [-0.05, 0) is 0 Å². The number of aromatic amines is 1. The minimum absolute atomic E-state index is 0.407. The molecule has 0 aromatic carbocycles. The van der Waals surface area contributed by atoms with Crippen LogP contribution in [0.15, 0.2) is 12.4 Å². The van der Waals surface area contributed by atoms with Gasteiger partial charge in [-0.25, -0.2) is 0 Å². The van der Waals surface area contributed by atoms with Crippen LogP contribution in [0.3, 0.4) is 0 Å². The first kappa shape index (κ1) is 5.75. The lowest BCUT2D eigenvalue weighted by molar-refractivity contribution is 0.109. The van der Waals surface area contributed by atoms with Crippen molar-refractivity contribution in [2.24, 2.45) is 0 Å². The summed E-state index contributed by atoms with van der Waals surface area (Å²) in [7, 11) is 0. The topological polar surface area (TPSA) is 49.9 Å². The molecule has 3 nitrogen and oxygen atoms in total. The van der Waals surface area contributed by atoms with Gasteiger partial charge in [-0.15, -0.1) is 0 Å². The number of hydrogen-bond acceptors (Lipinski definition) is 2. The van der Waals surface area contributed by atoms with E-state index in [-0.39, 0.29) is 0 Å². The monoisotopic (exact) mass is 123 g/mol. The van der Waals surface area contributed by atoms with Crippen molar-refractivity contribution in [3.05, 3.63) is 23.5 Å². The molecule has 1 heterocycles. The molecule has 1 N–H and O–H groups in total. The molecule has 1 rings (SSSR count). The largest absolute Gasteiger partial charge is 0.366 e. The van der Waals surface area contributed by atoms with Gasteiger partial charge in [0.1, 0.15) is 0 Å². The van der Waals surface area contributed by atoms with Gasteiger partial charge in [0.15, 0.2) is 12.6 Å². The Hall–Kier alpha value is -1.38. The van der Waals surface area contributed by atoms with Crippen molar-refractivity contribution in [2.45, 2.75) is 0 Å². The number of aldehydes is 2. The summed E-state index contributed by atoms with van der Waals surface area (Å²) in [6.45, 7) is 0. The van der Waals surface area contributed by atoms with Crippen LogP contribution in [0.5, 0.6) is 0 Å². The van der Waals surface area contributed by atoms with E-state index in [4.69, 9.17) is 0 Å². The van der Waals surface area contributed by atoms with Crippen molar-refractivity contribution in [3.8, 4) is 0 Å². The van der Waals surface area contributed by atoms with Crippen molar-refractivity contribution in [3.63, 3.8) is 0 Å². The predicted octanol–water partition coefficient (Wildman–Crippen LogP) is 0.640. The molecule has 0 saturated carbocycles. The molecule has 0 saturated heterocycles. The summed E-state index contributed by atoms with van der Waals surface area (Å²) in [4.78, 5) is 22.8. The lowest BCUT2D eigenvalue weighted by atomic mass is 10.2. The molecule has 0 radical (unpaired) electrons. The summed E-state index contributed by atoms with van der Waals surface area (Å²) in [5, 5.41) is 0. The third kappa shape index (κ3) is 0.887. The van der Waals surface area contributed by atoms with Crippen LogP contribution < -0.4 is 0 Å².